The molecule has 0 bridgehead atoms. The van der Waals surface area contributed by atoms with Gasteiger partial charge in [0, 0.05) is 13.1 Å². The van der Waals surface area contributed by atoms with Crippen LogP contribution in [0.5, 0.6) is 0 Å². The van der Waals surface area contributed by atoms with Gasteiger partial charge in [0.1, 0.15) is 5.82 Å². The van der Waals surface area contributed by atoms with Gasteiger partial charge in [-0.2, -0.15) is 0 Å². The van der Waals surface area contributed by atoms with E-state index in [2.05, 4.69) is 0 Å². The topological polar surface area (TPSA) is 54.5 Å². The standard InChI is InChI=1S/C13H16FNO3S/c1-15(12-6-7-19(17,18)9-12)13(16)8-10-2-4-11(14)5-3-10/h2-5,12H,6-9H2,1H3. The summed E-state index contributed by atoms with van der Waals surface area (Å²) in [5, 5.41) is 0. The zero-order valence-corrected chi connectivity index (χ0v) is 11.5. The van der Waals surface area contributed by atoms with Gasteiger partial charge in [0.15, 0.2) is 9.84 Å². The van der Waals surface area contributed by atoms with Crippen LogP contribution in [0.3, 0.4) is 0 Å². The van der Waals surface area contributed by atoms with Gasteiger partial charge < -0.3 is 4.90 Å². The van der Waals surface area contributed by atoms with Crippen molar-refractivity contribution in [1.29, 1.82) is 0 Å². The molecule has 0 spiro atoms. The highest BCUT2D eigenvalue weighted by Crippen LogP contribution is 2.17. The predicted molar refractivity (Wildman–Crippen MR) is 69.9 cm³/mol. The molecule has 1 amide bonds. The molecule has 1 fully saturated rings. The Hall–Kier alpha value is -1.43. The van der Waals surface area contributed by atoms with Crippen LogP contribution in [0.4, 0.5) is 4.39 Å². The van der Waals surface area contributed by atoms with Crippen molar-refractivity contribution < 1.29 is 17.6 Å². The summed E-state index contributed by atoms with van der Waals surface area (Å²) in [6, 6.07) is 5.50. The summed E-state index contributed by atoms with van der Waals surface area (Å²) in [5.41, 5.74) is 0.721. The molecule has 0 saturated carbocycles. The molecular weight excluding hydrogens is 269 g/mol. The Kier molecular flexibility index (Phi) is 3.89. The lowest BCUT2D eigenvalue weighted by molar-refractivity contribution is -0.130. The smallest absolute Gasteiger partial charge is 0.227 e. The van der Waals surface area contributed by atoms with Gasteiger partial charge in [-0.15, -0.1) is 0 Å². The number of likely N-dealkylation sites (N-methyl/N-ethyl adjacent to an activating group) is 1. The maximum absolute atomic E-state index is 12.8. The highest BCUT2D eigenvalue weighted by Gasteiger charge is 2.32. The zero-order chi connectivity index (χ0) is 14.0. The van der Waals surface area contributed by atoms with Crippen LogP contribution in [-0.4, -0.2) is 43.8 Å². The van der Waals surface area contributed by atoms with E-state index in [0.717, 1.165) is 5.56 Å². The minimum Gasteiger partial charge on any atom is -0.341 e. The first-order valence-corrected chi connectivity index (χ1v) is 7.90. The van der Waals surface area contributed by atoms with E-state index < -0.39 is 9.84 Å². The lowest BCUT2D eigenvalue weighted by Gasteiger charge is -2.23. The summed E-state index contributed by atoms with van der Waals surface area (Å²) in [6.07, 6.45) is 0.654. The minimum atomic E-state index is -3.00. The van der Waals surface area contributed by atoms with Gasteiger partial charge in [0.2, 0.25) is 5.91 Å². The number of rotatable bonds is 3. The van der Waals surface area contributed by atoms with Crippen LogP contribution >= 0.6 is 0 Å². The number of sulfone groups is 1. The number of hydrogen-bond acceptors (Lipinski definition) is 3. The summed E-state index contributed by atoms with van der Waals surface area (Å²) in [7, 11) is -1.37. The number of carbonyl (C=O) groups excluding carboxylic acids is 1. The largest absolute Gasteiger partial charge is 0.341 e. The normalized spacial score (nSPS) is 21.3. The Morgan fingerprint density at radius 2 is 2.00 bits per heavy atom. The van der Waals surface area contributed by atoms with Crippen LogP contribution in [0.25, 0.3) is 0 Å². The van der Waals surface area contributed by atoms with E-state index in [1.807, 2.05) is 0 Å². The van der Waals surface area contributed by atoms with Crippen LogP contribution < -0.4 is 0 Å². The van der Waals surface area contributed by atoms with Crippen molar-refractivity contribution >= 4 is 15.7 Å². The van der Waals surface area contributed by atoms with E-state index in [0.29, 0.717) is 6.42 Å². The van der Waals surface area contributed by atoms with E-state index in [1.54, 1.807) is 19.2 Å². The summed E-state index contributed by atoms with van der Waals surface area (Å²) in [6.45, 7) is 0. The van der Waals surface area contributed by atoms with Gasteiger partial charge >= 0.3 is 0 Å². The monoisotopic (exact) mass is 285 g/mol. The molecule has 0 aliphatic carbocycles. The minimum absolute atomic E-state index is 0.0403. The Balaban J connectivity index is 1.98. The second-order valence-electron chi connectivity index (χ2n) is 4.86. The summed E-state index contributed by atoms with van der Waals surface area (Å²) in [4.78, 5) is 13.5. The van der Waals surface area contributed by atoms with Crippen LogP contribution in [0.2, 0.25) is 0 Å². The first kappa shape index (κ1) is 14.0. The molecule has 19 heavy (non-hydrogen) atoms. The quantitative estimate of drug-likeness (QED) is 0.833. The van der Waals surface area contributed by atoms with Crippen LogP contribution in [-0.2, 0) is 21.1 Å². The molecule has 2 rings (SSSR count). The van der Waals surface area contributed by atoms with Gasteiger partial charge in [-0.05, 0) is 24.1 Å². The first-order valence-electron chi connectivity index (χ1n) is 6.08. The number of amides is 1. The molecular formula is C13H16FNO3S. The Morgan fingerprint density at radius 1 is 1.37 bits per heavy atom. The molecule has 1 atom stereocenters. The lowest BCUT2D eigenvalue weighted by Crippen LogP contribution is -2.38. The van der Waals surface area contributed by atoms with Gasteiger partial charge in [0.25, 0.3) is 0 Å². The SMILES string of the molecule is CN(C(=O)Cc1ccc(F)cc1)C1CCS(=O)(=O)C1. The van der Waals surface area contributed by atoms with Crippen molar-refractivity contribution in [2.24, 2.45) is 0 Å². The molecule has 1 saturated heterocycles. The third-order valence-corrected chi connectivity index (χ3v) is 5.17. The number of halogens is 1. The van der Waals surface area contributed by atoms with E-state index in [4.69, 9.17) is 0 Å². The fourth-order valence-corrected chi connectivity index (χ4v) is 3.96. The number of benzene rings is 1. The van der Waals surface area contributed by atoms with E-state index >= 15 is 0 Å². The molecule has 1 unspecified atom stereocenters. The van der Waals surface area contributed by atoms with Crippen LogP contribution in [0.15, 0.2) is 24.3 Å². The van der Waals surface area contributed by atoms with Crippen molar-refractivity contribution in [3.63, 3.8) is 0 Å². The van der Waals surface area contributed by atoms with Crippen molar-refractivity contribution in [3.8, 4) is 0 Å². The van der Waals surface area contributed by atoms with Crippen LogP contribution in [0, 0.1) is 5.82 Å². The molecule has 104 valence electrons. The number of hydrogen-bond donors (Lipinski definition) is 0. The predicted octanol–water partition coefficient (Wildman–Crippen LogP) is 1.01. The molecule has 1 heterocycles. The number of carbonyl (C=O) groups is 1. The van der Waals surface area contributed by atoms with Crippen molar-refractivity contribution in [3.05, 3.63) is 35.6 Å². The average molecular weight is 285 g/mol. The third kappa shape index (κ3) is 3.53. The molecule has 4 nitrogen and oxygen atoms in total. The molecule has 1 aliphatic heterocycles. The summed E-state index contributed by atoms with van der Waals surface area (Å²) >= 11 is 0. The van der Waals surface area contributed by atoms with Gasteiger partial charge in [-0.25, -0.2) is 12.8 Å². The molecule has 6 heteroatoms. The molecule has 0 radical (unpaired) electrons. The Labute approximate surface area is 112 Å². The highest BCUT2D eigenvalue weighted by atomic mass is 32.2. The third-order valence-electron chi connectivity index (χ3n) is 3.42. The van der Waals surface area contributed by atoms with Crippen molar-refractivity contribution in [1.82, 2.24) is 4.90 Å². The lowest BCUT2D eigenvalue weighted by atomic mass is 10.1. The fourth-order valence-electron chi connectivity index (χ4n) is 2.19. The van der Waals surface area contributed by atoms with Crippen molar-refractivity contribution in [2.75, 3.05) is 18.6 Å². The molecule has 1 aromatic carbocycles. The molecule has 0 N–H and O–H groups in total. The fraction of sp³-hybridized carbons (Fsp3) is 0.462. The first-order chi connectivity index (χ1) is 8.87. The van der Waals surface area contributed by atoms with Crippen LogP contribution in [0.1, 0.15) is 12.0 Å². The Morgan fingerprint density at radius 3 is 2.53 bits per heavy atom. The van der Waals surface area contributed by atoms with Gasteiger partial charge in [-0.3, -0.25) is 4.79 Å². The molecule has 1 aliphatic rings. The maximum atomic E-state index is 12.8. The second kappa shape index (κ2) is 5.28. The summed E-state index contributed by atoms with van der Waals surface area (Å²) in [5.74, 6) is -0.301. The van der Waals surface area contributed by atoms with Crippen molar-refractivity contribution in [2.45, 2.75) is 18.9 Å². The van der Waals surface area contributed by atoms with E-state index in [-0.39, 0.29) is 35.7 Å². The van der Waals surface area contributed by atoms with E-state index in [1.165, 1.54) is 17.0 Å². The van der Waals surface area contributed by atoms with Gasteiger partial charge in [-0.1, -0.05) is 12.1 Å². The molecule has 1 aromatic rings. The Bertz CT molecular complexity index is 568. The average Bonchev–Trinajstić information content (AvgIpc) is 2.71. The van der Waals surface area contributed by atoms with E-state index in [9.17, 15) is 17.6 Å². The number of nitrogens with zero attached hydrogens (tertiary/aromatic N) is 1. The maximum Gasteiger partial charge on any atom is 0.227 e. The summed E-state index contributed by atoms with van der Waals surface area (Å²) < 4.78 is 35.5. The zero-order valence-electron chi connectivity index (χ0n) is 10.7. The second-order valence-corrected chi connectivity index (χ2v) is 7.09. The molecule has 0 aromatic heterocycles. The highest BCUT2D eigenvalue weighted by molar-refractivity contribution is 7.91. The van der Waals surface area contributed by atoms with Gasteiger partial charge in [0.05, 0.1) is 17.9 Å².